The summed E-state index contributed by atoms with van der Waals surface area (Å²) in [6, 6.07) is 12.9. The number of hydrazine groups is 1. The molecule has 8 heteroatoms. The topological polar surface area (TPSA) is 84.9 Å². The average Bonchev–Trinajstić information content (AvgIpc) is 2.72. The predicted molar refractivity (Wildman–Crippen MR) is 114 cm³/mol. The van der Waals surface area contributed by atoms with Gasteiger partial charge >= 0.3 is 10.1 Å². The molecule has 1 amide bonds. The van der Waals surface area contributed by atoms with Gasteiger partial charge in [-0.3, -0.25) is 10.2 Å². The molecule has 3 rings (SSSR count). The van der Waals surface area contributed by atoms with Crippen LogP contribution in [0.4, 0.5) is 0 Å². The predicted octanol–water partition coefficient (Wildman–Crippen LogP) is 3.76. The molecule has 0 radical (unpaired) electrons. The van der Waals surface area contributed by atoms with E-state index in [-0.39, 0.29) is 34.2 Å². The van der Waals surface area contributed by atoms with E-state index in [1.54, 1.807) is 31.2 Å². The molecule has 2 aromatic rings. The first-order chi connectivity index (χ1) is 14.3. The van der Waals surface area contributed by atoms with Gasteiger partial charge in [-0.15, -0.1) is 0 Å². The molecule has 1 aliphatic rings. The fourth-order valence-electron chi connectivity index (χ4n) is 3.58. The van der Waals surface area contributed by atoms with Gasteiger partial charge in [-0.05, 0) is 63.9 Å². The van der Waals surface area contributed by atoms with Crippen LogP contribution in [0.2, 0.25) is 0 Å². The SMILES string of the molecule is CCOc1ccccc1OS(=O)(=O)c1cccc(C(=O)NN2[C@H](C)CCC[C@@H]2C)c1. The van der Waals surface area contributed by atoms with Gasteiger partial charge in [-0.25, -0.2) is 5.01 Å². The molecule has 7 nitrogen and oxygen atoms in total. The molecule has 0 aliphatic carbocycles. The van der Waals surface area contributed by atoms with Gasteiger partial charge in [-0.2, -0.15) is 8.42 Å². The standard InChI is InChI=1S/C22H28N2O5S/c1-4-28-20-13-5-6-14-21(20)29-30(26,27)19-12-8-11-18(15-19)22(25)23-24-16(2)9-7-10-17(24)3/h5-6,8,11-17H,4,7,9-10H2,1-3H3,(H,23,25)/t16-,17+. The van der Waals surface area contributed by atoms with Crippen molar-refractivity contribution in [2.45, 2.75) is 57.0 Å². The highest BCUT2D eigenvalue weighted by Crippen LogP contribution is 2.29. The summed E-state index contributed by atoms with van der Waals surface area (Å²) in [5, 5.41) is 1.95. The summed E-state index contributed by atoms with van der Waals surface area (Å²) < 4.78 is 36.3. The zero-order chi connectivity index (χ0) is 21.7. The molecule has 1 heterocycles. The van der Waals surface area contributed by atoms with Gasteiger partial charge in [0.2, 0.25) is 0 Å². The maximum atomic E-state index is 12.8. The Balaban J connectivity index is 1.79. The van der Waals surface area contributed by atoms with Crippen molar-refractivity contribution in [1.29, 1.82) is 0 Å². The first-order valence-corrected chi connectivity index (χ1v) is 11.6. The van der Waals surface area contributed by atoms with Crippen LogP contribution in [0.1, 0.15) is 50.4 Å². The van der Waals surface area contributed by atoms with Crippen molar-refractivity contribution in [2.24, 2.45) is 0 Å². The molecular formula is C22H28N2O5S. The van der Waals surface area contributed by atoms with Crippen LogP contribution < -0.4 is 14.3 Å². The number of carbonyl (C=O) groups is 1. The second-order valence-electron chi connectivity index (χ2n) is 7.42. The van der Waals surface area contributed by atoms with Gasteiger partial charge < -0.3 is 8.92 Å². The van der Waals surface area contributed by atoms with Gasteiger partial charge in [0.15, 0.2) is 11.5 Å². The number of rotatable bonds is 7. The average molecular weight is 433 g/mol. The lowest BCUT2D eigenvalue weighted by molar-refractivity contribution is 0.0369. The molecule has 2 atom stereocenters. The third-order valence-corrected chi connectivity index (χ3v) is 6.39. The summed E-state index contributed by atoms with van der Waals surface area (Å²) in [5.41, 5.74) is 3.18. The van der Waals surface area contributed by atoms with Crippen molar-refractivity contribution in [3.63, 3.8) is 0 Å². The lowest BCUT2D eigenvalue weighted by Crippen LogP contribution is -2.54. The third-order valence-electron chi connectivity index (χ3n) is 5.16. The molecule has 0 unspecified atom stereocenters. The highest BCUT2D eigenvalue weighted by molar-refractivity contribution is 7.87. The zero-order valence-electron chi connectivity index (χ0n) is 17.5. The van der Waals surface area contributed by atoms with Crippen LogP contribution in [0.5, 0.6) is 11.5 Å². The number of nitrogens with one attached hydrogen (secondary N) is 1. The van der Waals surface area contributed by atoms with Gasteiger partial charge in [0.1, 0.15) is 4.90 Å². The van der Waals surface area contributed by atoms with Crippen LogP contribution in [0.15, 0.2) is 53.4 Å². The molecule has 0 bridgehead atoms. The quantitative estimate of drug-likeness (QED) is 0.671. The van der Waals surface area contributed by atoms with Crippen molar-refractivity contribution >= 4 is 16.0 Å². The number of hydrogen-bond donors (Lipinski definition) is 1. The molecule has 1 N–H and O–H groups in total. The largest absolute Gasteiger partial charge is 0.490 e. The molecule has 1 fully saturated rings. The minimum atomic E-state index is -4.14. The smallest absolute Gasteiger partial charge is 0.339 e. The van der Waals surface area contributed by atoms with E-state index in [2.05, 4.69) is 19.3 Å². The Kier molecular flexibility index (Phi) is 6.99. The lowest BCUT2D eigenvalue weighted by Gasteiger charge is -2.38. The van der Waals surface area contributed by atoms with E-state index in [0.29, 0.717) is 12.4 Å². The molecular weight excluding hydrogens is 404 g/mol. The van der Waals surface area contributed by atoms with Gasteiger partial charge in [0.05, 0.1) is 6.61 Å². The Morgan fingerprint density at radius 3 is 2.40 bits per heavy atom. The van der Waals surface area contributed by atoms with Gasteiger partial charge in [0.25, 0.3) is 5.91 Å². The van der Waals surface area contributed by atoms with Crippen LogP contribution in [0.3, 0.4) is 0 Å². The number of piperidine rings is 1. The highest BCUT2D eigenvalue weighted by atomic mass is 32.2. The van der Waals surface area contributed by atoms with Crippen molar-refractivity contribution in [1.82, 2.24) is 10.4 Å². The van der Waals surface area contributed by atoms with E-state index in [4.69, 9.17) is 8.92 Å². The van der Waals surface area contributed by atoms with E-state index in [1.165, 1.54) is 24.3 Å². The molecule has 0 saturated carbocycles. The molecule has 162 valence electrons. The number of ether oxygens (including phenoxy) is 1. The molecule has 0 spiro atoms. The summed E-state index contributed by atoms with van der Waals surface area (Å²) in [4.78, 5) is 12.7. The Labute approximate surface area is 178 Å². The van der Waals surface area contributed by atoms with Crippen molar-refractivity contribution in [3.8, 4) is 11.5 Å². The monoisotopic (exact) mass is 432 g/mol. The Morgan fingerprint density at radius 1 is 1.07 bits per heavy atom. The fraction of sp³-hybridized carbons (Fsp3) is 0.409. The van der Waals surface area contributed by atoms with Crippen molar-refractivity contribution < 1.29 is 22.1 Å². The Bertz CT molecular complexity index is 983. The summed E-state index contributed by atoms with van der Waals surface area (Å²) in [5.74, 6) is 0.0954. The van der Waals surface area contributed by atoms with E-state index in [1.807, 2.05) is 5.01 Å². The number of carbonyl (C=O) groups excluding carboxylic acids is 1. The molecule has 0 aromatic heterocycles. The first kappa shape index (κ1) is 22.1. The van der Waals surface area contributed by atoms with Crippen LogP contribution >= 0.6 is 0 Å². The first-order valence-electron chi connectivity index (χ1n) is 10.2. The third kappa shape index (κ3) is 5.12. The van der Waals surface area contributed by atoms with Crippen molar-refractivity contribution in [2.75, 3.05) is 6.61 Å². The van der Waals surface area contributed by atoms with Crippen molar-refractivity contribution in [3.05, 3.63) is 54.1 Å². The molecule has 2 aromatic carbocycles. The van der Waals surface area contributed by atoms with E-state index in [0.717, 1.165) is 19.3 Å². The second-order valence-corrected chi connectivity index (χ2v) is 8.97. The van der Waals surface area contributed by atoms with Gasteiger partial charge in [0, 0.05) is 17.6 Å². The normalized spacial score (nSPS) is 19.8. The Hall–Kier alpha value is -2.58. The van der Waals surface area contributed by atoms with Crippen LogP contribution in [0, 0.1) is 0 Å². The summed E-state index contributed by atoms with van der Waals surface area (Å²) in [6.07, 6.45) is 3.14. The summed E-state index contributed by atoms with van der Waals surface area (Å²) in [7, 11) is -4.14. The Morgan fingerprint density at radius 2 is 1.73 bits per heavy atom. The molecule has 1 aliphatic heterocycles. The van der Waals surface area contributed by atoms with Crippen LogP contribution in [0.25, 0.3) is 0 Å². The lowest BCUT2D eigenvalue weighted by atomic mass is 10.00. The number of hydrogen-bond acceptors (Lipinski definition) is 6. The highest BCUT2D eigenvalue weighted by Gasteiger charge is 2.27. The number of amides is 1. The van der Waals surface area contributed by atoms with Gasteiger partial charge in [-0.1, -0.05) is 24.6 Å². The van der Waals surface area contributed by atoms with E-state index < -0.39 is 10.1 Å². The fourth-order valence-corrected chi connectivity index (χ4v) is 4.56. The second kappa shape index (κ2) is 9.49. The molecule has 1 saturated heterocycles. The van der Waals surface area contributed by atoms with E-state index >= 15 is 0 Å². The minimum absolute atomic E-state index is 0.0961. The van der Waals surface area contributed by atoms with Crippen LogP contribution in [-0.2, 0) is 10.1 Å². The maximum absolute atomic E-state index is 12.8. The number of nitrogens with zero attached hydrogens (tertiary/aromatic N) is 1. The summed E-state index contributed by atoms with van der Waals surface area (Å²) >= 11 is 0. The summed E-state index contributed by atoms with van der Waals surface area (Å²) in [6.45, 7) is 6.32. The zero-order valence-corrected chi connectivity index (χ0v) is 18.3. The minimum Gasteiger partial charge on any atom is -0.490 e. The van der Waals surface area contributed by atoms with Crippen LogP contribution in [-0.4, -0.2) is 38.0 Å². The maximum Gasteiger partial charge on any atom is 0.339 e. The number of benzene rings is 2. The molecule has 30 heavy (non-hydrogen) atoms. The number of para-hydroxylation sites is 2. The van der Waals surface area contributed by atoms with E-state index in [9.17, 15) is 13.2 Å².